The maximum Gasteiger partial charge on any atom is 0.163 e. The first-order valence-electron chi connectivity index (χ1n) is 4.73. The van der Waals surface area contributed by atoms with Gasteiger partial charge >= 0.3 is 0 Å². The fourth-order valence-electron chi connectivity index (χ4n) is 1.67. The molecule has 4 heteroatoms. The van der Waals surface area contributed by atoms with E-state index in [1.165, 1.54) is 0 Å². The van der Waals surface area contributed by atoms with Crippen molar-refractivity contribution in [1.29, 1.82) is 0 Å². The molecule has 1 aliphatic rings. The molecule has 1 aliphatic carbocycles. The molecule has 0 bridgehead atoms. The van der Waals surface area contributed by atoms with E-state index in [4.69, 9.17) is 0 Å². The van der Waals surface area contributed by atoms with Gasteiger partial charge in [0.05, 0.1) is 18.0 Å². The van der Waals surface area contributed by atoms with Crippen molar-refractivity contribution in [3.05, 3.63) is 35.7 Å². The van der Waals surface area contributed by atoms with Crippen molar-refractivity contribution in [2.45, 2.75) is 19.3 Å². The summed E-state index contributed by atoms with van der Waals surface area (Å²) in [5, 5.41) is 0. The van der Waals surface area contributed by atoms with Gasteiger partial charge < -0.3 is 0 Å². The number of halogens is 2. The lowest BCUT2D eigenvalue weighted by atomic mass is 9.92. The van der Waals surface area contributed by atoms with Gasteiger partial charge in [-0.1, -0.05) is 6.08 Å². The summed E-state index contributed by atoms with van der Waals surface area (Å²) in [6.07, 6.45) is 5.21. The molecule has 0 fully saturated rings. The molecule has 1 aromatic rings. The molecule has 1 heterocycles. The molecule has 0 amide bonds. The lowest BCUT2D eigenvalue weighted by Gasteiger charge is -2.12. The van der Waals surface area contributed by atoms with Crippen LogP contribution in [-0.2, 0) is 4.79 Å². The van der Waals surface area contributed by atoms with Crippen LogP contribution in [0.25, 0.3) is 5.57 Å². The van der Waals surface area contributed by atoms with Crippen molar-refractivity contribution < 1.29 is 13.6 Å². The summed E-state index contributed by atoms with van der Waals surface area (Å²) in [5.74, 6) is -1.77. The Morgan fingerprint density at radius 3 is 2.47 bits per heavy atom. The van der Waals surface area contributed by atoms with Gasteiger partial charge in [-0.05, 0) is 12.8 Å². The van der Waals surface area contributed by atoms with Crippen LogP contribution in [0.2, 0.25) is 0 Å². The number of carbonyl (C=O) groups is 1. The highest BCUT2D eigenvalue weighted by Crippen LogP contribution is 2.27. The van der Waals surface area contributed by atoms with Crippen molar-refractivity contribution in [3.8, 4) is 0 Å². The zero-order chi connectivity index (χ0) is 10.8. The van der Waals surface area contributed by atoms with Crippen LogP contribution in [-0.4, -0.2) is 10.8 Å². The van der Waals surface area contributed by atoms with Crippen molar-refractivity contribution in [2.24, 2.45) is 0 Å². The molecule has 0 spiro atoms. The van der Waals surface area contributed by atoms with Crippen LogP contribution in [0, 0.1) is 11.6 Å². The molecule has 0 saturated carbocycles. The van der Waals surface area contributed by atoms with Gasteiger partial charge in [0.15, 0.2) is 17.4 Å². The van der Waals surface area contributed by atoms with Crippen LogP contribution in [0.4, 0.5) is 8.78 Å². The number of ketones is 1. The Hall–Kier alpha value is -1.58. The van der Waals surface area contributed by atoms with Gasteiger partial charge in [-0.25, -0.2) is 8.78 Å². The average Bonchev–Trinajstić information content (AvgIpc) is 2.20. The molecule has 2 rings (SSSR count). The molecule has 78 valence electrons. The molecular weight excluding hydrogens is 200 g/mol. The number of hydrogen-bond acceptors (Lipinski definition) is 2. The summed E-state index contributed by atoms with van der Waals surface area (Å²) in [4.78, 5) is 14.9. The third kappa shape index (κ3) is 1.79. The topological polar surface area (TPSA) is 30.0 Å². The Morgan fingerprint density at radius 1 is 1.20 bits per heavy atom. The largest absolute Gasteiger partial charge is 0.294 e. The number of pyridine rings is 1. The van der Waals surface area contributed by atoms with Gasteiger partial charge in [-0.2, -0.15) is 0 Å². The number of allylic oxidation sites excluding steroid dienone is 2. The third-order valence-electron chi connectivity index (χ3n) is 2.38. The SMILES string of the molecule is O=C1CCCC=C1c1c(F)cncc1F. The van der Waals surface area contributed by atoms with Gasteiger partial charge in [0.25, 0.3) is 0 Å². The van der Waals surface area contributed by atoms with E-state index in [-0.39, 0.29) is 16.9 Å². The first-order valence-corrected chi connectivity index (χ1v) is 4.73. The minimum atomic E-state index is -0.781. The minimum Gasteiger partial charge on any atom is -0.294 e. The van der Waals surface area contributed by atoms with E-state index in [1.54, 1.807) is 6.08 Å². The molecule has 0 N–H and O–H groups in total. The Bertz CT molecular complexity index is 420. The van der Waals surface area contributed by atoms with E-state index >= 15 is 0 Å². The van der Waals surface area contributed by atoms with E-state index in [2.05, 4.69) is 4.98 Å². The molecule has 0 aromatic carbocycles. The molecule has 0 unspecified atom stereocenters. The van der Waals surface area contributed by atoms with Crippen LogP contribution in [0.5, 0.6) is 0 Å². The smallest absolute Gasteiger partial charge is 0.163 e. The first-order chi connectivity index (χ1) is 7.20. The molecule has 1 aromatic heterocycles. The summed E-state index contributed by atoms with van der Waals surface area (Å²) in [7, 11) is 0. The summed E-state index contributed by atoms with van der Waals surface area (Å²) < 4.78 is 26.6. The Morgan fingerprint density at radius 2 is 1.87 bits per heavy atom. The van der Waals surface area contributed by atoms with Crippen molar-refractivity contribution in [2.75, 3.05) is 0 Å². The van der Waals surface area contributed by atoms with Gasteiger partial charge in [0.2, 0.25) is 0 Å². The minimum absolute atomic E-state index is 0.152. The van der Waals surface area contributed by atoms with E-state index in [1.807, 2.05) is 0 Å². The van der Waals surface area contributed by atoms with E-state index in [9.17, 15) is 13.6 Å². The van der Waals surface area contributed by atoms with Gasteiger partial charge in [-0.3, -0.25) is 9.78 Å². The fourth-order valence-corrected chi connectivity index (χ4v) is 1.67. The van der Waals surface area contributed by atoms with Crippen molar-refractivity contribution >= 4 is 11.4 Å². The second-order valence-electron chi connectivity index (χ2n) is 3.41. The second-order valence-corrected chi connectivity index (χ2v) is 3.41. The van der Waals surface area contributed by atoms with Crippen molar-refractivity contribution in [1.82, 2.24) is 4.98 Å². The van der Waals surface area contributed by atoms with Crippen LogP contribution in [0.15, 0.2) is 18.5 Å². The lowest BCUT2D eigenvalue weighted by molar-refractivity contribution is -0.114. The molecule has 0 atom stereocenters. The second kappa shape index (κ2) is 3.88. The maximum absolute atomic E-state index is 13.3. The highest BCUT2D eigenvalue weighted by molar-refractivity contribution is 6.21. The quantitative estimate of drug-likeness (QED) is 0.711. The number of nitrogens with zero attached hydrogens (tertiary/aromatic N) is 1. The Labute approximate surface area is 85.6 Å². The number of rotatable bonds is 1. The van der Waals surface area contributed by atoms with Gasteiger partial charge in [-0.15, -0.1) is 0 Å². The van der Waals surface area contributed by atoms with E-state index < -0.39 is 11.6 Å². The van der Waals surface area contributed by atoms with Crippen molar-refractivity contribution in [3.63, 3.8) is 0 Å². The number of hydrogen-bond donors (Lipinski definition) is 0. The van der Waals surface area contributed by atoms with E-state index in [0.29, 0.717) is 12.8 Å². The number of aromatic nitrogens is 1. The Balaban J connectivity index is 2.53. The van der Waals surface area contributed by atoms with Crippen LogP contribution >= 0.6 is 0 Å². The monoisotopic (exact) mass is 209 g/mol. The average molecular weight is 209 g/mol. The predicted molar refractivity (Wildman–Crippen MR) is 51.0 cm³/mol. The highest BCUT2D eigenvalue weighted by atomic mass is 19.1. The molecular formula is C11H9F2NO. The molecule has 2 nitrogen and oxygen atoms in total. The van der Waals surface area contributed by atoms with Crippen LogP contribution < -0.4 is 0 Å². The predicted octanol–water partition coefficient (Wildman–Crippen LogP) is 2.50. The zero-order valence-corrected chi connectivity index (χ0v) is 7.96. The zero-order valence-electron chi connectivity index (χ0n) is 7.96. The standard InChI is InChI=1S/C11H9F2NO/c12-8-5-14-6-9(13)11(8)7-3-1-2-4-10(7)15/h3,5-6H,1-2,4H2. The molecule has 0 aliphatic heterocycles. The van der Waals surface area contributed by atoms with Crippen LogP contribution in [0.3, 0.4) is 0 Å². The highest BCUT2D eigenvalue weighted by Gasteiger charge is 2.21. The Kier molecular flexibility index (Phi) is 2.58. The summed E-state index contributed by atoms with van der Waals surface area (Å²) in [6, 6.07) is 0. The molecule has 15 heavy (non-hydrogen) atoms. The van der Waals surface area contributed by atoms with Gasteiger partial charge in [0, 0.05) is 12.0 Å². The number of Topliss-reactive ketones (excluding diaryl/α,β-unsaturated/α-hetero) is 1. The maximum atomic E-state index is 13.3. The normalized spacial score (nSPS) is 16.4. The third-order valence-corrected chi connectivity index (χ3v) is 2.38. The summed E-state index contributed by atoms with van der Waals surface area (Å²) in [5.41, 5.74) is -0.0895. The lowest BCUT2D eigenvalue weighted by Crippen LogP contribution is -2.09. The fraction of sp³-hybridized carbons (Fsp3) is 0.273. The first kappa shape index (κ1) is 9.96. The van der Waals surface area contributed by atoms with E-state index in [0.717, 1.165) is 18.8 Å². The molecule has 0 saturated heterocycles. The van der Waals surface area contributed by atoms with Gasteiger partial charge in [0.1, 0.15) is 0 Å². The summed E-state index contributed by atoms with van der Waals surface area (Å²) >= 11 is 0. The summed E-state index contributed by atoms with van der Waals surface area (Å²) in [6.45, 7) is 0. The molecule has 0 radical (unpaired) electrons. The van der Waals surface area contributed by atoms with Crippen LogP contribution in [0.1, 0.15) is 24.8 Å². The number of carbonyl (C=O) groups excluding carboxylic acids is 1.